The van der Waals surface area contributed by atoms with Crippen LogP contribution in [0.5, 0.6) is 0 Å². The maximum absolute atomic E-state index is 5.35. The number of hydrogen-bond acceptors (Lipinski definition) is 4. The molecule has 0 spiro atoms. The fraction of sp³-hybridized carbons (Fsp3) is 0.0588. The second-order valence-corrected chi connectivity index (χ2v) is 14.5. The molecule has 0 saturated carbocycles. The molecule has 0 aliphatic heterocycles. The Morgan fingerprint density at radius 1 is 0.500 bits per heavy atom. The normalized spacial score (nSPS) is 14.5. The van der Waals surface area contributed by atoms with Gasteiger partial charge in [0.25, 0.3) is 0 Å². The van der Waals surface area contributed by atoms with Crippen LogP contribution >= 0.6 is 0 Å². The lowest BCUT2D eigenvalue weighted by Crippen LogP contribution is -2.29. The van der Waals surface area contributed by atoms with E-state index in [1.54, 1.807) is 0 Å². The zero-order valence-electron chi connectivity index (χ0n) is 30.5. The molecule has 5 heteroatoms. The van der Waals surface area contributed by atoms with E-state index in [2.05, 4.69) is 167 Å². The van der Waals surface area contributed by atoms with Gasteiger partial charge in [-0.2, -0.15) is 0 Å². The highest BCUT2D eigenvalue weighted by Gasteiger charge is 2.49. The minimum atomic E-state index is -0.475. The summed E-state index contributed by atoms with van der Waals surface area (Å²) in [6.45, 7) is 0. The van der Waals surface area contributed by atoms with Gasteiger partial charge in [0.05, 0.1) is 16.4 Å². The lowest BCUT2D eigenvalue weighted by atomic mass is 9.66. The number of aromatic nitrogens is 5. The lowest BCUT2D eigenvalue weighted by molar-refractivity contribution is 0.759. The molecule has 0 amide bonds. The first-order chi connectivity index (χ1) is 27.8. The number of pyridine rings is 1. The van der Waals surface area contributed by atoms with E-state index in [9.17, 15) is 0 Å². The van der Waals surface area contributed by atoms with E-state index in [0.717, 1.165) is 57.5 Å². The van der Waals surface area contributed by atoms with Crippen LogP contribution in [0.25, 0.3) is 61.4 Å². The van der Waals surface area contributed by atoms with Gasteiger partial charge in [-0.1, -0.05) is 140 Å². The van der Waals surface area contributed by atoms with E-state index in [0.29, 0.717) is 11.6 Å². The first kappa shape index (κ1) is 32.2. The summed E-state index contributed by atoms with van der Waals surface area (Å²) in [5, 5.41) is 2.32. The van der Waals surface area contributed by atoms with Crippen LogP contribution in [0.4, 0.5) is 0 Å². The summed E-state index contributed by atoms with van der Waals surface area (Å²) in [6.07, 6.45) is 7.98. The van der Waals surface area contributed by atoms with Gasteiger partial charge in [0, 0.05) is 45.6 Å². The highest BCUT2D eigenvalue weighted by atomic mass is 15.0. The topological polar surface area (TPSA) is 56.5 Å². The molecule has 11 rings (SSSR count). The van der Waals surface area contributed by atoms with E-state index < -0.39 is 5.41 Å². The molecular weight excluding hydrogens is 683 g/mol. The van der Waals surface area contributed by atoms with Gasteiger partial charge in [-0.05, 0) is 82.6 Å². The molecule has 2 aliphatic rings. The molecule has 0 N–H and O–H groups in total. The van der Waals surface area contributed by atoms with E-state index in [-0.39, 0.29) is 0 Å². The summed E-state index contributed by atoms with van der Waals surface area (Å²) in [5.41, 5.74) is 13.4. The van der Waals surface area contributed by atoms with E-state index in [1.165, 1.54) is 38.8 Å². The van der Waals surface area contributed by atoms with Gasteiger partial charge in [-0.25, -0.2) is 15.0 Å². The Morgan fingerprint density at radius 2 is 1.09 bits per heavy atom. The van der Waals surface area contributed by atoms with Gasteiger partial charge in [0.1, 0.15) is 0 Å². The number of rotatable bonds is 6. The van der Waals surface area contributed by atoms with Crippen molar-refractivity contribution in [3.05, 3.63) is 222 Å². The van der Waals surface area contributed by atoms with Gasteiger partial charge in [-0.3, -0.25) is 4.98 Å². The Morgan fingerprint density at radius 3 is 1.82 bits per heavy atom. The molecule has 6 aromatic carbocycles. The highest BCUT2D eigenvalue weighted by molar-refractivity contribution is 6.09. The molecule has 3 heterocycles. The van der Waals surface area contributed by atoms with Gasteiger partial charge in [0.2, 0.25) is 0 Å². The van der Waals surface area contributed by atoms with Crippen molar-refractivity contribution in [2.75, 3.05) is 0 Å². The molecule has 0 unspecified atom stereocenters. The fourth-order valence-corrected chi connectivity index (χ4v) is 9.17. The monoisotopic (exact) mass is 717 g/mol. The average Bonchev–Trinajstić information content (AvgIpc) is 3.78. The number of benzene rings is 6. The van der Waals surface area contributed by atoms with E-state index >= 15 is 0 Å². The Kier molecular flexibility index (Phi) is 7.46. The molecule has 2 aliphatic carbocycles. The summed E-state index contributed by atoms with van der Waals surface area (Å²) >= 11 is 0. The van der Waals surface area contributed by atoms with Crippen molar-refractivity contribution in [3.63, 3.8) is 0 Å². The summed E-state index contributed by atoms with van der Waals surface area (Å²) in [4.78, 5) is 20.2. The van der Waals surface area contributed by atoms with Crippen LogP contribution in [0.1, 0.15) is 40.9 Å². The number of hydrogen-bond donors (Lipinski definition) is 0. The van der Waals surface area contributed by atoms with Gasteiger partial charge >= 0.3 is 0 Å². The Labute approximate surface area is 325 Å². The summed E-state index contributed by atoms with van der Waals surface area (Å²) in [5.74, 6) is 2.04. The first-order valence-corrected chi connectivity index (χ1v) is 19.2. The van der Waals surface area contributed by atoms with Crippen LogP contribution in [-0.2, 0) is 5.41 Å². The van der Waals surface area contributed by atoms with Crippen molar-refractivity contribution in [1.82, 2.24) is 24.5 Å². The lowest BCUT2D eigenvalue weighted by Gasteiger charge is -2.35. The number of allylic oxidation sites excluding steroid dienone is 4. The van der Waals surface area contributed by atoms with Crippen molar-refractivity contribution < 1.29 is 0 Å². The van der Waals surface area contributed by atoms with Gasteiger partial charge in [0.15, 0.2) is 17.5 Å². The number of nitrogens with zero attached hydrogens (tertiary/aromatic N) is 5. The molecule has 3 aromatic heterocycles. The van der Waals surface area contributed by atoms with Crippen LogP contribution in [0.3, 0.4) is 0 Å². The molecule has 0 bridgehead atoms. The Hall–Kier alpha value is -7.24. The van der Waals surface area contributed by atoms with Gasteiger partial charge < -0.3 is 4.57 Å². The van der Waals surface area contributed by atoms with Crippen LogP contribution in [-0.4, -0.2) is 24.5 Å². The second kappa shape index (κ2) is 13.0. The summed E-state index contributed by atoms with van der Waals surface area (Å²) in [7, 11) is 0. The van der Waals surface area contributed by atoms with Crippen molar-refractivity contribution in [3.8, 4) is 28.5 Å². The third-order valence-electron chi connectivity index (χ3n) is 11.5. The molecule has 9 aromatic rings. The Bertz CT molecular complexity index is 2910. The van der Waals surface area contributed by atoms with Crippen LogP contribution < -0.4 is 0 Å². The Balaban J connectivity index is 1.11. The predicted octanol–water partition coefficient (Wildman–Crippen LogP) is 11.7. The van der Waals surface area contributed by atoms with Crippen molar-refractivity contribution in [2.45, 2.75) is 18.3 Å². The fourth-order valence-electron chi connectivity index (χ4n) is 9.17. The molecule has 0 atom stereocenters. The van der Waals surface area contributed by atoms with E-state index in [1.807, 2.05) is 30.6 Å². The maximum Gasteiger partial charge on any atom is 0.164 e. The van der Waals surface area contributed by atoms with Crippen LogP contribution in [0.2, 0.25) is 0 Å². The minimum absolute atomic E-state index is 0.475. The van der Waals surface area contributed by atoms with Crippen LogP contribution in [0, 0.1) is 0 Å². The second-order valence-electron chi connectivity index (χ2n) is 14.5. The predicted molar refractivity (Wildman–Crippen MR) is 226 cm³/mol. The standard InChI is InChI=1S/C51H35N5/c1-4-15-34(16-5-1)48-53-49(35-27-29-38(30-28-35)56-45-26-13-11-21-39(45)42-33-52-32-31-46(42)56)55-50(54-48)41-23-14-25-44-47(41)40-22-10-12-24-43(40)51(44,36-17-6-2-7-18-36)37-19-8-3-9-20-37/h1-13,15-22,24-33H,14,23H2. The minimum Gasteiger partial charge on any atom is -0.309 e. The van der Waals surface area contributed by atoms with Crippen molar-refractivity contribution in [2.24, 2.45) is 0 Å². The van der Waals surface area contributed by atoms with Gasteiger partial charge in [-0.15, -0.1) is 0 Å². The molecule has 0 saturated heterocycles. The third-order valence-corrected chi connectivity index (χ3v) is 11.5. The molecule has 264 valence electrons. The largest absolute Gasteiger partial charge is 0.309 e. The third kappa shape index (κ3) is 4.87. The quantitative estimate of drug-likeness (QED) is 0.172. The highest BCUT2D eigenvalue weighted by Crippen LogP contribution is 2.60. The molecule has 5 nitrogen and oxygen atoms in total. The summed E-state index contributed by atoms with van der Waals surface area (Å²) < 4.78 is 2.30. The molecule has 0 radical (unpaired) electrons. The SMILES string of the molecule is C1=C2C(=C(c3nc(-c4ccccc4)nc(-c4ccc(-n5c6ccccc6c6cnccc65)cc4)n3)CC1)c1ccccc1C2(c1ccccc1)c1ccccc1. The average molecular weight is 718 g/mol. The smallest absolute Gasteiger partial charge is 0.164 e. The van der Waals surface area contributed by atoms with E-state index in [4.69, 9.17) is 15.0 Å². The molecular formula is C51H35N5. The maximum atomic E-state index is 5.35. The number of para-hydroxylation sites is 1. The first-order valence-electron chi connectivity index (χ1n) is 19.2. The number of fused-ring (bicyclic) bond motifs is 6. The molecule has 56 heavy (non-hydrogen) atoms. The molecule has 0 fully saturated rings. The van der Waals surface area contributed by atoms with Crippen molar-refractivity contribution >= 4 is 33.0 Å². The zero-order chi connectivity index (χ0) is 37.1. The zero-order valence-corrected chi connectivity index (χ0v) is 30.5. The van der Waals surface area contributed by atoms with Crippen LogP contribution in [0.15, 0.2) is 194 Å². The van der Waals surface area contributed by atoms with Crippen molar-refractivity contribution in [1.29, 1.82) is 0 Å². The summed E-state index contributed by atoms with van der Waals surface area (Å²) in [6, 6.07) is 60.3.